The third-order valence-corrected chi connectivity index (χ3v) is 2.25. The van der Waals surface area contributed by atoms with Crippen LogP contribution < -0.4 is 0 Å². The molecule has 0 unspecified atom stereocenters. The van der Waals surface area contributed by atoms with E-state index in [2.05, 4.69) is 6.58 Å². The van der Waals surface area contributed by atoms with Crippen molar-refractivity contribution in [3.05, 3.63) is 42.0 Å². The van der Waals surface area contributed by atoms with Crippen LogP contribution in [0.5, 0.6) is 0 Å². The van der Waals surface area contributed by atoms with Crippen LogP contribution >= 0.6 is 0 Å². The number of ether oxygens (including phenoxy) is 2. The number of hydrogen-bond donors (Lipinski definition) is 1. The minimum absolute atomic E-state index is 0.329. The Kier molecular flexibility index (Phi) is 5.73. The van der Waals surface area contributed by atoms with Gasteiger partial charge in [-0.1, -0.05) is 30.8 Å². The van der Waals surface area contributed by atoms with Crippen molar-refractivity contribution in [2.24, 2.45) is 0 Å². The summed E-state index contributed by atoms with van der Waals surface area (Å²) in [6.07, 6.45) is -0.447. The van der Waals surface area contributed by atoms with Crippen LogP contribution in [0, 0.1) is 0 Å². The summed E-state index contributed by atoms with van der Waals surface area (Å²) in [6, 6.07) is 7.82. The summed E-state index contributed by atoms with van der Waals surface area (Å²) < 4.78 is 10.8. The average molecular weight is 236 g/mol. The fourth-order valence-electron chi connectivity index (χ4n) is 1.51. The summed E-state index contributed by atoms with van der Waals surface area (Å²) in [5.74, 6) is 0.656. The fourth-order valence-corrected chi connectivity index (χ4v) is 1.51. The Labute approximate surface area is 103 Å². The van der Waals surface area contributed by atoms with Gasteiger partial charge in [0.2, 0.25) is 0 Å². The van der Waals surface area contributed by atoms with Crippen LogP contribution in [0.25, 0.3) is 5.76 Å². The van der Waals surface area contributed by atoms with Gasteiger partial charge in [-0.15, -0.1) is 0 Å². The molecule has 0 heterocycles. The molecule has 0 fully saturated rings. The van der Waals surface area contributed by atoms with E-state index in [4.69, 9.17) is 14.6 Å². The Morgan fingerprint density at radius 1 is 1.41 bits per heavy atom. The van der Waals surface area contributed by atoms with Gasteiger partial charge < -0.3 is 14.6 Å². The van der Waals surface area contributed by atoms with E-state index < -0.39 is 6.10 Å². The molecular formula is C14H20O3. The normalized spacial score (nSPS) is 12.2. The zero-order valence-electron chi connectivity index (χ0n) is 10.5. The summed E-state index contributed by atoms with van der Waals surface area (Å²) >= 11 is 0. The zero-order chi connectivity index (χ0) is 12.7. The third-order valence-electron chi connectivity index (χ3n) is 2.25. The van der Waals surface area contributed by atoms with E-state index in [1.54, 1.807) is 6.92 Å². The summed E-state index contributed by atoms with van der Waals surface area (Å²) in [5.41, 5.74) is 1.98. The van der Waals surface area contributed by atoms with Crippen LogP contribution in [0.1, 0.15) is 25.0 Å². The summed E-state index contributed by atoms with van der Waals surface area (Å²) in [5, 5.41) is 9.13. The molecule has 0 aromatic heterocycles. The lowest BCUT2D eigenvalue weighted by atomic mass is 10.1. The van der Waals surface area contributed by atoms with Crippen molar-refractivity contribution in [2.45, 2.75) is 26.6 Å². The van der Waals surface area contributed by atoms with E-state index in [1.807, 2.05) is 31.2 Å². The van der Waals surface area contributed by atoms with Gasteiger partial charge in [-0.3, -0.25) is 0 Å². The van der Waals surface area contributed by atoms with E-state index in [9.17, 15) is 0 Å². The lowest BCUT2D eigenvalue weighted by Crippen LogP contribution is -2.10. The average Bonchev–Trinajstić information content (AvgIpc) is 2.29. The Hall–Kier alpha value is -1.32. The molecule has 0 aliphatic heterocycles. The van der Waals surface area contributed by atoms with Gasteiger partial charge in [0, 0.05) is 5.56 Å². The molecule has 1 rings (SSSR count). The Morgan fingerprint density at radius 2 is 2.12 bits per heavy atom. The second kappa shape index (κ2) is 7.09. The SMILES string of the molecule is C=C(OCC)c1ccccc1COC[C@H](C)O. The van der Waals surface area contributed by atoms with E-state index >= 15 is 0 Å². The van der Waals surface area contributed by atoms with Crippen molar-refractivity contribution >= 4 is 5.76 Å². The first-order chi connectivity index (χ1) is 8.15. The second-order valence-corrected chi connectivity index (χ2v) is 3.88. The molecule has 1 aromatic carbocycles. The van der Waals surface area contributed by atoms with Crippen LogP contribution in [0.15, 0.2) is 30.8 Å². The van der Waals surface area contributed by atoms with Crippen molar-refractivity contribution in [3.8, 4) is 0 Å². The van der Waals surface area contributed by atoms with Gasteiger partial charge in [-0.05, 0) is 19.4 Å². The lowest BCUT2D eigenvalue weighted by Gasteiger charge is -2.13. The molecule has 0 amide bonds. The largest absolute Gasteiger partial charge is 0.494 e. The van der Waals surface area contributed by atoms with Gasteiger partial charge in [0.1, 0.15) is 5.76 Å². The van der Waals surface area contributed by atoms with Crippen LogP contribution in [0.2, 0.25) is 0 Å². The molecule has 3 nitrogen and oxygen atoms in total. The maximum Gasteiger partial charge on any atom is 0.119 e. The highest BCUT2D eigenvalue weighted by molar-refractivity contribution is 5.60. The molecule has 1 aromatic rings. The zero-order valence-corrected chi connectivity index (χ0v) is 10.5. The number of aliphatic hydroxyl groups excluding tert-OH is 1. The molecule has 1 atom stereocenters. The molecular weight excluding hydrogens is 216 g/mol. The number of benzene rings is 1. The molecule has 1 N–H and O–H groups in total. The van der Waals surface area contributed by atoms with Gasteiger partial charge >= 0.3 is 0 Å². The molecule has 0 radical (unpaired) electrons. The lowest BCUT2D eigenvalue weighted by molar-refractivity contribution is 0.0374. The van der Waals surface area contributed by atoms with Crippen molar-refractivity contribution in [2.75, 3.05) is 13.2 Å². The first kappa shape index (κ1) is 13.7. The first-order valence-corrected chi connectivity index (χ1v) is 5.81. The predicted molar refractivity (Wildman–Crippen MR) is 68.4 cm³/mol. The third kappa shape index (κ3) is 4.59. The van der Waals surface area contributed by atoms with Crippen LogP contribution in [0.4, 0.5) is 0 Å². The summed E-state index contributed by atoms with van der Waals surface area (Å²) in [6.45, 7) is 8.90. The van der Waals surface area contributed by atoms with Gasteiger partial charge in [-0.25, -0.2) is 0 Å². The monoisotopic (exact) mass is 236 g/mol. The Morgan fingerprint density at radius 3 is 2.76 bits per heavy atom. The van der Waals surface area contributed by atoms with Crippen molar-refractivity contribution in [1.29, 1.82) is 0 Å². The van der Waals surface area contributed by atoms with E-state index in [-0.39, 0.29) is 0 Å². The predicted octanol–water partition coefficient (Wildman–Crippen LogP) is 2.59. The van der Waals surface area contributed by atoms with Crippen molar-refractivity contribution in [1.82, 2.24) is 0 Å². The molecule has 0 bridgehead atoms. The molecule has 0 saturated heterocycles. The quantitative estimate of drug-likeness (QED) is 0.739. The minimum Gasteiger partial charge on any atom is -0.494 e. The van der Waals surface area contributed by atoms with E-state index in [0.29, 0.717) is 25.6 Å². The number of aliphatic hydroxyl groups is 1. The molecule has 0 aliphatic carbocycles. The van der Waals surface area contributed by atoms with Gasteiger partial charge in [0.15, 0.2) is 0 Å². The van der Waals surface area contributed by atoms with E-state index in [1.165, 1.54) is 0 Å². The van der Waals surface area contributed by atoms with Gasteiger partial charge in [-0.2, -0.15) is 0 Å². The number of hydrogen-bond acceptors (Lipinski definition) is 3. The highest BCUT2D eigenvalue weighted by Gasteiger charge is 2.06. The standard InChI is InChI=1S/C14H20O3/c1-4-17-12(3)14-8-6-5-7-13(14)10-16-9-11(2)15/h5-8,11,15H,3-4,9-10H2,1-2H3/t11-/m0/s1. The van der Waals surface area contributed by atoms with Crippen LogP contribution in [-0.4, -0.2) is 24.4 Å². The topological polar surface area (TPSA) is 38.7 Å². The fraction of sp³-hybridized carbons (Fsp3) is 0.429. The Bertz CT molecular complexity index is 358. The highest BCUT2D eigenvalue weighted by Crippen LogP contribution is 2.19. The Balaban J connectivity index is 2.67. The maximum absolute atomic E-state index is 9.13. The van der Waals surface area contributed by atoms with Crippen LogP contribution in [-0.2, 0) is 16.1 Å². The molecule has 94 valence electrons. The summed E-state index contributed by atoms with van der Waals surface area (Å²) in [4.78, 5) is 0. The molecule has 0 saturated carbocycles. The van der Waals surface area contributed by atoms with Crippen molar-refractivity contribution in [3.63, 3.8) is 0 Å². The van der Waals surface area contributed by atoms with Crippen molar-refractivity contribution < 1.29 is 14.6 Å². The smallest absolute Gasteiger partial charge is 0.119 e. The highest BCUT2D eigenvalue weighted by atomic mass is 16.5. The first-order valence-electron chi connectivity index (χ1n) is 5.81. The summed E-state index contributed by atoms with van der Waals surface area (Å²) in [7, 11) is 0. The molecule has 0 spiro atoms. The molecule has 3 heteroatoms. The second-order valence-electron chi connectivity index (χ2n) is 3.88. The number of rotatable bonds is 7. The minimum atomic E-state index is -0.447. The molecule has 17 heavy (non-hydrogen) atoms. The molecule has 0 aliphatic rings. The maximum atomic E-state index is 9.13. The van der Waals surface area contributed by atoms with E-state index in [0.717, 1.165) is 11.1 Å². The van der Waals surface area contributed by atoms with Gasteiger partial charge in [0.05, 0.1) is 25.9 Å². The van der Waals surface area contributed by atoms with Gasteiger partial charge in [0.25, 0.3) is 0 Å². The van der Waals surface area contributed by atoms with Crippen LogP contribution in [0.3, 0.4) is 0 Å².